The van der Waals surface area contributed by atoms with E-state index in [9.17, 15) is 14.7 Å². The van der Waals surface area contributed by atoms with Crippen molar-refractivity contribution < 1.29 is 19.4 Å². The molecule has 0 radical (unpaired) electrons. The molecule has 164 valence electrons. The first-order valence-electron chi connectivity index (χ1n) is 10.7. The third kappa shape index (κ3) is 2.96. The van der Waals surface area contributed by atoms with Crippen LogP contribution in [-0.2, 0) is 29.1 Å². The number of aliphatic hydroxyl groups is 1. The monoisotopic (exact) mass is 432 g/mol. The number of hydrogen-bond acceptors (Lipinski definition) is 6. The van der Waals surface area contributed by atoms with Crippen molar-refractivity contribution in [2.75, 3.05) is 0 Å². The quantitative estimate of drug-likeness (QED) is 0.393. The van der Waals surface area contributed by atoms with Crippen LogP contribution in [0.5, 0.6) is 5.75 Å². The topological polar surface area (TPSA) is 90.7 Å². The number of fused-ring (bicyclic) bond motifs is 5. The van der Waals surface area contributed by atoms with E-state index in [4.69, 9.17) is 14.5 Å². The van der Waals surface area contributed by atoms with E-state index in [1.54, 1.807) is 10.6 Å². The Morgan fingerprint density at radius 3 is 2.84 bits per heavy atom. The number of aliphatic hydroxyl groups excluding tert-OH is 1. The van der Waals surface area contributed by atoms with Crippen LogP contribution in [0.1, 0.15) is 49.1 Å². The summed E-state index contributed by atoms with van der Waals surface area (Å²) in [6.07, 6.45) is -0.805. The summed E-state index contributed by atoms with van der Waals surface area (Å²) in [5.41, 5.74) is 5.52. The molecule has 1 N–H and O–H groups in total. The second-order valence-corrected chi connectivity index (χ2v) is 8.42. The SMILES string of the molecule is C=C(C)C(C)Oc1ccc2nc3c(c(CC)c2c1)Cn1c-3cc2c(c1=O)COC(=O)C2O. The summed E-state index contributed by atoms with van der Waals surface area (Å²) in [6, 6.07) is 7.50. The third-order valence-electron chi connectivity index (χ3n) is 6.41. The first kappa shape index (κ1) is 20.5. The Morgan fingerprint density at radius 1 is 1.34 bits per heavy atom. The fourth-order valence-corrected chi connectivity index (χ4v) is 4.47. The number of benzene rings is 1. The molecule has 2 aliphatic heterocycles. The van der Waals surface area contributed by atoms with Gasteiger partial charge >= 0.3 is 5.97 Å². The van der Waals surface area contributed by atoms with Crippen LogP contribution in [0, 0.1) is 0 Å². The average molecular weight is 432 g/mol. The van der Waals surface area contributed by atoms with E-state index >= 15 is 0 Å². The summed E-state index contributed by atoms with van der Waals surface area (Å²) < 4.78 is 12.6. The number of nitrogens with zero attached hydrogens (tertiary/aromatic N) is 2. The highest BCUT2D eigenvalue weighted by Gasteiger charge is 2.34. The van der Waals surface area contributed by atoms with Crippen molar-refractivity contribution in [3.8, 4) is 17.1 Å². The molecule has 0 amide bonds. The number of aryl methyl sites for hydroxylation is 1. The lowest BCUT2D eigenvalue weighted by atomic mass is 9.97. The van der Waals surface area contributed by atoms with Crippen LogP contribution in [0.4, 0.5) is 0 Å². The van der Waals surface area contributed by atoms with Crippen molar-refractivity contribution in [2.45, 2.75) is 52.6 Å². The normalized spacial score (nSPS) is 17.4. The minimum atomic E-state index is -1.46. The zero-order chi connectivity index (χ0) is 22.7. The molecule has 3 aromatic rings. The van der Waals surface area contributed by atoms with E-state index < -0.39 is 12.1 Å². The van der Waals surface area contributed by atoms with Gasteiger partial charge in [0.25, 0.3) is 5.56 Å². The van der Waals surface area contributed by atoms with Gasteiger partial charge in [-0.05, 0) is 55.7 Å². The van der Waals surface area contributed by atoms with Crippen molar-refractivity contribution in [1.29, 1.82) is 0 Å². The number of carbonyl (C=O) groups is 1. The van der Waals surface area contributed by atoms with Crippen LogP contribution in [0.2, 0.25) is 0 Å². The van der Waals surface area contributed by atoms with Gasteiger partial charge in [-0.15, -0.1) is 0 Å². The van der Waals surface area contributed by atoms with Gasteiger partial charge in [-0.1, -0.05) is 13.5 Å². The minimum absolute atomic E-state index is 0.106. The van der Waals surface area contributed by atoms with Crippen molar-refractivity contribution >= 4 is 16.9 Å². The smallest absolute Gasteiger partial charge is 0.340 e. The number of hydrogen-bond donors (Lipinski definition) is 1. The molecular formula is C25H24N2O5. The van der Waals surface area contributed by atoms with E-state index in [1.807, 2.05) is 32.0 Å². The fourth-order valence-electron chi connectivity index (χ4n) is 4.47. The minimum Gasteiger partial charge on any atom is -0.486 e. The molecule has 2 atom stereocenters. The van der Waals surface area contributed by atoms with Crippen molar-refractivity contribution in [3.63, 3.8) is 0 Å². The van der Waals surface area contributed by atoms with Gasteiger partial charge in [-0.25, -0.2) is 9.78 Å². The second kappa shape index (κ2) is 7.31. The highest BCUT2D eigenvalue weighted by atomic mass is 16.5. The highest BCUT2D eigenvalue weighted by molar-refractivity contribution is 5.89. The standard InChI is InChI=1S/C25H24N2O5/c1-5-15-16-8-14(32-13(4)12(2)3)6-7-20(16)26-22-18(15)10-27-21(22)9-17-19(24(27)29)11-31-25(30)23(17)28/h6-9,13,23,28H,2,5,10-11H2,1,3-4H3. The van der Waals surface area contributed by atoms with Crippen LogP contribution >= 0.6 is 0 Å². The van der Waals surface area contributed by atoms with Gasteiger partial charge in [0, 0.05) is 16.5 Å². The summed E-state index contributed by atoms with van der Waals surface area (Å²) in [7, 11) is 0. The van der Waals surface area contributed by atoms with E-state index in [2.05, 4.69) is 13.5 Å². The van der Waals surface area contributed by atoms with Crippen molar-refractivity contribution in [2.24, 2.45) is 0 Å². The summed E-state index contributed by atoms with van der Waals surface area (Å²) in [5, 5.41) is 11.3. The molecule has 2 aliphatic rings. The Kier molecular flexibility index (Phi) is 4.67. The molecule has 0 fully saturated rings. The maximum Gasteiger partial charge on any atom is 0.340 e. The number of ether oxygens (including phenoxy) is 2. The Balaban J connectivity index is 1.69. The summed E-state index contributed by atoms with van der Waals surface area (Å²) in [4.78, 5) is 29.9. The lowest BCUT2D eigenvalue weighted by Crippen LogP contribution is -2.32. The molecular weight excluding hydrogens is 408 g/mol. The maximum atomic E-state index is 13.2. The molecule has 0 saturated carbocycles. The fraction of sp³-hybridized carbons (Fsp3) is 0.320. The van der Waals surface area contributed by atoms with Crippen LogP contribution < -0.4 is 10.3 Å². The third-order valence-corrected chi connectivity index (χ3v) is 6.41. The lowest BCUT2D eigenvalue weighted by Gasteiger charge is -2.21. The molecule has 5 rings (SSSR count). The molecule has 4 heterocycles. The molecule has 0 spiro atoms. The van der Waals surface area contributed by atoms with E-state index in [-0.39, 0.29) is 18.3 Å². The first-order chi connectivity index (χ1) is 15.3. The Bertz CT molecular complexity index is 1370. The molecule has 7 nitrogen and oxygen atoms in total. The summed E-state index contributed by atoms with van der Waals surface area (Å²) >= 11 is 0. The predicted molar refractivity (Wildman–Crippen MR) is 120 cm³/mol. The molecule has 32 heavy (non-hydrogen) atoms. The van der Waals surface area contributed by atoms with E-state index in [0.717, 1.165) is 39.8 Å². The second-order valence-electron chi connectivity index (χ2n) is 8.42. The van der Waals surface area contributed by atoms with E-state index in [0.29, 0.717) is 29.1 Å². The van der Waals surface area contributed by atoms with Crippen LogP contribution in [0.25, 0.3) is 22.3 Å². The molecule has 1 aromatic carbocycles. The van der Waals surface area contributed by atoms with Gasteiger partial charge in [-0.2, -0.15) is 0 Å². The van der Waals surface area contributed by atoms with Crippen molar-refractivity contribution in [1.82, 2.24) is 9.55 Å². The van der Waals surface area contributed by atoms with Crippen LogP contribution in [0.3, 0.4) is 0 Å². The molecule has 2 unspecified atom stereocenters. The van der Waals surface area contributed by atoms with Gasteiger partial charge in [0.2, 0.25) is 0 Å². The van der Waals surface area contributed by atoms with E-state index in [1.165, 1.54) is 0 Å². The van der Waals surface area contributed by atoms with Crippen molar-refractivity contribution in [3.05, 3.63) is 69.0 Å². The molecule has 2 aromatic heterocycles. The number of aromatic nitrogens is 2. The van der Waals surface area contributed by atoms with Gasteiger partial charge in [-0.3, -0.25) is 4.79 Å². The van der Waals surface area contributed by atoms with Gasteiger partial charge in [0.1, 0.15) is 18.5 Å². The summed E-state index contributed by atoms with van der Waals surface area (Å²) in [5.74, 6) is 0.00341. The van der Waals surface area contributed by atoms with Gasteiger partial charge in [0.15, 0.2) is 6.10 Å². The number of pyridine rings is 2. The Hall–Kier alpha value is -3.45. The first-order valence-corrected chi connectivity index (χ1v) is 10.7. The van der Waals surface area contributed by atoms with Gasteiger partial charge in [0.05, 0.1) is 29.0 Å². The summed E-state index contributed by atoms with van der Waals surface area (Å²) in [6.45, 7) is 10.2. The zero-order valence-corrected chi connectivity index (χ0v) is 18.3. The number of esters is 1. The largest absolute Gasteiger partial charge is 0.486 e. The van der Waals surface area contributed by atoms with Crippen LogP contribution in [0.15, 0.2) is 41.2 Å². The molecule has 0 saturated heterocycles. The Labute approximate surface area is 184 Å². The number of rotatable bonds is 4. The molecule has 0 aliphatic carbocycles. The molecule has 7 heteroatoms. The average Bonchev–Trinajstić information content (AvgIpc) is 3.13. The number of cyclic esters (lactones) is 1. The number of carbonyl (C=O) groups excluding carboxylic acids is 1. The predicted octanol–water partition coefficient (Wildman–Crippen LogP) is 3.42. The highest BCUT2D eigenvalue weighted by Crippen LogP contribution is 2.38. The Morgan fingerprint density at radius 2 is 2.12 bits per heavy atom. The van der Waals surface area contributed by atoms with Gasteiger partial charge < -0.3 is 19.1 Å². The molecule has 0 bridgehead atoms. The van der Waals surface area contributed by atoms with Crippen LogP contribution in [-0.4, -0.2) is 26.7 Å². The lowest BCUT2D eigenvalue weighted by molar-refractivity contribution is -0.157. The zero-order valence-electron chi connectivity index (χ0n) is 18.3. The maximum absolute atomic E-state index is 13.2.